The van der Waals surface area contributed by atoms with E-state index in [1.807, 2.05) is 38.1 Å². The van der Waals surface area contributed by atoms with E-state index < -0.39 is 4.92 Å². The fourth-order valence-electron chi connectivity index (χ4n) is 3.32. The van der Waals surface area contributed by atoms with Gasteiger partial charge in [-0.05, 0) is 78.2 Å². The highest BCUT2D eigenvalue weighted by Gasteiger charge is 2.24. The lowest BCUT2D eigenvalue weighted by Crippen LogP contribution is -2.19. The number of ether oxygens (including phenoxy) is 1. The highest BCUT2D eigenvalue weighted by Crippen LogP contribution is 2.31. The second-order valence-electron chi connectivity index (χ2n) is 7.66. The van der Waals surface area contributed by atoms with Crippen LogP contribution in [0, 0.1) is 24.0 Å². The van der Waals surface area contributed by atoms with Gasteiger partial charge in [0.2, 0.25) is 0 Å². The first kappa shape index (κ1) is 23.7. The number of nitrogens with one attached hydrogen (secondary N) is 1. The number of amides is 1. The largest absolute Gasteiger partial charge is 0.489 e. The van der Waals surface area contributed by atoms with Gasteiger partial charge in [0.05, 0.1) is 15.5 Å². The first-order valence-corrected chi connectivity index (χ1v) is 11.9. The van der Waals surface area contributed by atoms with E-state index >= 15 is 0 Å². The topological polar surface area (TPSA) is 93.8 Å². The number of nitro benzene ring substituents is 1. The highest BCUT2D eigenvalue weighted by molar-refractivity contribution is 9.10. The summed E-state index contributed by atoms with van der Waals surface area (Å²) in [6.07, 6.45) is 1.80. The van der Waals surface area contributed by atoms with Crippen LogP contribution < -0.4 is 10.1 Å². The number of nitrogens with zero attached hydrogens (tertiary/aromatic N) is 2. The third-order valence-corrected chi connectivity index (χ3v) is 7.17. The van der Waals surface area contributed by atoms with Crippen molar-refractivity contribution in [2.24, 2.45) is 4.99 Å². The molecule has 1 aliphatic heterocycles. The molecule has 0 spiro atoms. The van der Waals surface area contributed by atoms with Crippen molar-refractivity contribution < 1.29 is 14.5 Å². The van der Waals surface area contributed by atoms with Gasteiger partial charge in [-0.1, -0.05) is 40.2 Å². The first-order chi connectivity index (χ1) is 16.3. The first-order valence-electron chi connectivity index (χ1n) is 10.3. The Hall–Kier alpha value is -3.43. The van der Waals surface area contributed by atoms with Crippen LogP contribution in [0.4, 0.5) is 11.4 Å². The second-order valence-corrected chi connectivity index (χ2v) is 9.48. The van der Waals surface area contributed by atoms with Crippen LogP contribution in [0.3, 0.4) is 0 Å². The third kappa shape index (κ3) is 5.73. The van der Waals surface area contributed by atoms with E-state index in [1.54, 1.807) is 30.3 Å². The van der Waals surface area contributed by atoms with Gasteiger partial charge in [0, 0.05) is 16.6 Å². The van der Waals surface area contributed by atoms with Crippen molar-refractivity contribution in [3.05, 3.63) is 102 Å². The molecule has 1 amide bonds. The Labute approximate surface area is 209 Å². The van der Waals surface area contributed by atoms with Crippen LogP contribution >= 0.6 is 27.7 Å². The molecule has 0 aliphatic carbocycles. The van der Waals surface area contributed by atoms with Crippen molar-refractivity contribution in [1.29, 1.82) is 0 Å². The fraction of sp³-hybridized carbons (Fsp3) is 0.120. The zero-order valence-corrected chi connectivity index (χ0v) is 20.8. The summed E-state index contributed by atoms with van der Waals surface area (Å²) in [5.74, 6) is 0.431. The number of aryl methyl sites for hydroxylation is 2. The molecule has 9 heteroatoms. The molecule has 34 heavy (non-hydrogen) atoms. The molecule has 3 aromatic rings. The second kappa shape index (κ2) is 10.2. The van der Waals surface area contributed by atoms with Crippen LogP contribution in [0.25, 0.3) is 6.08 Å². The van der Waals surface area contributed by atoms with Gasteiger partial charge in [0.15, 0.2) is 5.17 Å². The fourth-order valence-corrected chi connectivity index (χ4v) is 4.39. The summed E-state index contributed by atoms with van der Waals surface area (Å²) in [4.78, 5) is 28.0. The van der Waals surface area contributed by atoms with Gasteiger partial charge in [0.1, 0.15) is 12.4 Å². The molecule has 3 aromatic carbocycles. The number of nitro groups is 1. The summed E-state index contributed by atoms with van der Waals surface area (Å²) in [7, 11) is 0. The van der Waals surface area contributed by atoms with E-state index in [0.29, 0.717) is 21.4 Å². The van der Waals surface area contributed by atoms with Gasteiger partial charge in [0.25, 0.3) is 11.6 Å². The average molecular weight is 538 g/mol. The number of carbonyl (C=O) groups excluding carboxylic acids is 1. The molecule has 172 valence electrons. The van der Waals surface area contributed by atoms with Crippen molar-refractivity contribution in [1.82, 2.24) is 5.32 Å². The number of hydrogen-bond donors (Lipinski definition) is 1. The lowest BCUT2D eigenvalue weighted by Gasteiger charge is -2.06. The molecule has 0 unspecified atom stereocenters. The Morgan fingerprint density at radius 3 is 2.50 bits per heavy atom. The number of carbonyl (C=O) groups is 1. The van der Waals surface area contributed by atoms with Crippen LogP contribution in [0.5, 0.6) is 5.75 Å². The summed E-state index contributed by atoms with van der Waals surface area (Å²) in [5.41, 5.74) is 4.53. The van der Waals surface area contributed by atoms with E-state index in [0.717, 1.165) is 26.9 Å². The minimum absolute atomic E-state index is 0.0312. The molecule has 0 saturated carbocycles. The van der Waals surface area contributed by atoms with Crippen molar-refractivity contribution in [3.63, 3.8) is 0 Å². The molecule has 0 aromatic heterocycles. The normalized spacial score (nSPS) is 15.6. The molecule has 7 nitrogen and oxygen atoms in total. The Bertz CT molecular complexity index is 1310. The van der Waals surface area contributed by atoms with Gasteiger partial charge in [-0.2, -0.15) is 0 Å². The van der Waals surface area contributed by atoms with Crippen LogP contribution in [0.15, 0.2) is 75.0 Å². The number of halogens is 1. The van der Waals surface area contributed by atoms with Gasteiger partial charge >= 0.3 is 0 Å². The van der Waals surface area contributed by atoms with E-state index in [4.69, 9.17) is 4.74 Å². The maximum absolute atomic E-state index is 12.4. The Balaban J connectivity index is 1.42. The van der Waals surface area contributed by atoms with Crippen LogP contribution in [-0.2, 0) is 11.4 Å². The van der Waals surface area contributed by atoms with Gasteiger partial charge in [-0.15, -0.1) is 0 Å². The predicted molar refractivity (Wildman–Crippen MR) is 138 cm³/mol. The molecule has 1 N–H and O–H groups in total. The van der Waals surface area contributed by atoms with Gasteiger partial charge < -0.3 is 10.1 Å². The van der Waals surface area contributed by atoms with Crippen LogP contribution in [0.2, 0.25) is 0 Å². The molecule has 1 aliphatic rings. The SMILES string of the molecule is Cc1cc(N=C2NC(=O)/C(=C/c3ccc(OCc4cccc([N+](=O)[O-])c4)cc3)S2)cc(C)c1Br. The summed E-state index contributed by atoms with van der Waals surface area (Å²) in [6.45, 7) is 4.22. The summed E-state index contributed by atoms with van der Waals surface area (Å²) in [6, 6.07) is 17.6. The van der Waals surface area contributed by atoms with E-state index in [-0.39, 0.29) is 18.2 Å². The number of rotatable bonds is 6. The number of benzene rings is 3. The Morgan fingerprint density at radius 2 is 1.82 bits per heavy atom. The Morgan fingerprint density at radius 1 is 1.12 bits per heavy atom. The lowest BCUT2D eigenvalue weighted by molar-refractivity contribution is -0.384. The molecular weight excluding hydrogens is 518 g/mol. The standard InChI is InChI=1S/C25H20BrN3O4S/c1-15-10-19(11-16(2)23(15)26)27-25-28-24(30)22(34-25)13-17-6-8-21(9-7-17)33-14-18-4-3-5-20(12-18)29(31)32/h3-13H,14H2,1-2H3,(H,27,28,30)/b22-13-. The zero-order valence-electron chi connectivity index (χ0n) is 18.4. The number of aliphatic imine (C=N–C) groups is 1. The number of thioether (sulfide) groups is 1. The van der Waals surface area contributed by atoms with Gasteiger partial charge in [-0.25, -0.2) is 4.99 Å². The molecule has 4 rings (SSSR count). The minimum atomic E-state index is -0.430. The van der Waals surface area contributed by atoms with E-state index in [1.165, 1.54) is 23.9 Å². The molecule has 0 bridgehead atoms. The maximum atomic E-state index is 12.4. The Kier molecular flexibility index (Phi) is 7.14. The van der Waals surface area contributed by atoms with Gasteiger partial charge in [-0.3, -0.25) is 14.9 Å². The maximum Gasteiger partial charge on any atom is 0.269 e. The predicted octanol–water partition coefficient (Wildman–Crippen LogP) is 6.44. The van der Waals surface area contributed by atoms with Crippen LogP contribution in [-0.4, -0.2) is 16.0 Å². The monoisotopic (exact) mass is 537 g/mol. The van der Waals surface area contributed by atoms with Crippen molar-refractivity contribution >= 4 is 56.2 Å². The summed E-state index contributed by atoms with van der Waals surface area (Å²) in [5, 5.41) is 14.2. The number of non-ortho nitro benzene ring substituents is 1. The minimum Gasteiger partial charge on any atom is -0.489 e. The van der Waals surface area contributed by atoms with E-state index in [2.05, 4.69) is 26.2 Å². The smallest absolute Gasteiger partial charge is 0.269 e. The van der Waals surface area contributed by atoms with Crippen LogP contribution in [0.1, 0.15) is 22.3 Å². The van der Waals surface area contributed by atoms with E-state index in [9.17, 15) is 14.9 Å². The highest BCUT2D eigenvalue weighted by atomic mass is 79.9. The average Bonchev–Trinajstić information content (AvgIpc) is 3.15. The van der Waals surface area contributed by atoms with Crippen molar-refractivity contribution in [2.75, 3.05) is 0 Å². The molecule has 0 atom stereocenters. The number of amidine groups is 1. The quantitative estimate of drug-likeness (QED) is 0.221. The molecule has 1 saturated heterocycles. The molecular formula is C25H20BrN3O4S. The number of hydrogen-bond acceptors (Lipinski definition) is 6. The summed E-state index contributed by atoms with van der Waals surface area (Å²) >= 11 is 4.84. The lowest BCUT2D eigenvalue weighted by atomic mass is 10.1. The summed E-state index contributed by atoms with van der Waals surface area (Å²) < 4.78 is 6.79. The molecule has 1 heterocycles. The molecule has 1 fully saturated rings. The zero-order chi connectivity index (χ0) is 24.2. The van der Waals surface area contributed by atoms with Crippen molar-refractivity contribution in [2.45, 2.75) is 20.5 Å². The molecule has 0 radical (unpaired) electrons. The van der Waals surface area contributed by atoms with Crippen molar-refractivity contribution in [3.8, 4) is 5.75 Å². The third-order valence-electron chi connectivity index (χ3n) is 5.01.